The summed E-state index contributed by atoms with van der Waals surface area (Å²) in [6.07, 6.45) is 4.61. The summed E-state index contributed by atoms with van der Waals surface area (Å²) in [5, 5.41) is 16.9. The van der Waals surface area contributed by atoms with Crippen LogP contribution in [0.3, 0.4) is 0 Å². The molecule has 1 aromatic rings. The number of hydrogen-bond acceptors (Lipinski definition) is 5. The van der Waals surface area contributed by atoms with Crippen LogP contribution in [-0.4, -0.2) is 37.0 Å². The molecule has 0 spiro atoms. The van der Waals surface area contributed by atoms with E-state index in [0.717, 1.165) is 19.5 Å². The molecule has 2 rings (SSSR count). The van der Waals surface area contributed by atoms with Crippen LogP contribution >= 0.6 is 0 Å². The largest absolute Gasteiger partial charge is 0.380 e. The minimum absolute atomic E-state index is 0.573. The third kappa shape index (κ3) is 2.60. The molecule has 88 valence electrons. The van der Waals surface area contributed by atoms with Crippen molar-refractivity contribution in [1.82, 2.24) is 10.2 Å². The maximum atomic E-state index is 9.01. The van der Waals surface area contributed by atoms with Crippen LogP contribution < -0.4 is 4.90 Å². The standard InChI is InChI=1S/C12H14N4O/c1-17-9-10-3-6-16(7-4-10)12-11(8-13)2-5-14-15-12/h2-3,5H,4,6-7,9H2,1H3. The van der Waals surface area contributed by atoms with E-state index in [4.69, 9.17) is 10.00 Å². The summed E-state index contributed by atoms with van der Waals surface area (Å²) in [6, 6.07) is 3.83. The van der Waals surface area contributed by atoms with E-state index in [0.29, 0.717) is 18.0 Å². The Balaban J connectivity index is 2.13. The molecular formula is C12H14N4O. The van der Waals surface area contributed by atoms with Crippen molar-refractivity contribution in [1.29, 1.82) is 5.26 Å². The van der Waals surface area contributed by atoms with Gasteiger partial charge in [-0.3, -0.25) is 0 Å². The summed E-state index contributed by atoms with van der Waals surface area (Å²) >= 11 is 0. The van der Waals surface area contributed by atoms with Gasteiger partial charge in [0.05, 0.1) is 18.4 Å². The van der Waals surface area contributed by atoms with E-state index in [1.807, 2.05) is 0 Å². The number of nitriles is 1. The van der Waals surface area contributed by atoms with Crippen molar-refractivity contribution in [2.24, 2.45) is 0 Å². The predicted octanol–water partition coefficient (Wildman–Crippen LogP) is 1.13. The van der Waals surface area contributed by atoms with E-state index in [2.05, 4.69) is 27.2 Å². The summed E-state index contributed by atoms with van der Waals surface area (Å²) in [5.74, 6) is 0.669. The molecule has 0 saturated carbocycles. The van der Waals surface area contributed by atoms with Crippen LogP contribution in [0.1, 0.15) is 12.0 Å². The van der Waals surface area contributed by atoms with Gasteiger partial charge in [-0.25, -0.2) is 0 Å². The lowest BCUT2D eigenvalue weighted by molar-refractivity contribution is 0.222. The minimum atomic E-state index is 0.573. The lowest BCUT2D eigenvalue weighted by Gasteiger charge is -2.27. The Hall–Kier alpha value is -1.93. The van der Waals surface area contributed by atoms with Crippen molar-refractivity contribution in [2.45, 2.75) is 6.42 Å². The molecule has 5 nitrogen and oxygen atoms in total. The molecule has 0 saturated heterocycles. The highest BCUT2D eigenvalue weighted by atomic mass is 16.5. The van der Waals surface area contributed by atoms with Gasteiger partial charge in [0.1, 0.15) is 6.07 Å². The van der Waals surface area contributed by atoms with Gasteiger partial charge >= 0.3 is 0 Å². The third-order valence-electron chi connectivity index (χ3n) is 2.75. The lowest BCUT2D eigenvalue weighted by Crippen LogP contribution is -2.30. The van der Waals surface area contributed by atoms with Crippen LogP contribution in [0, 0.1) is 11.3 Å². The average molecular weight is 230 g/mol. The van der Waals surface area contributed by atoms with Crippen molar-refractivity contribution in [3.05, 3.63) is 29.5 Å². The van der Waals surface area contributed by atoms with E-state index in [1.54, 1.807) is 13.2 Å². The second-order valence-electron chi connectivity index (χ2n) is 3.87. The lowest BCUT2D eigenvalue weighted by atomic mass is 10.1. The molecule has 2 heterocycles. The number of aromatic nitrogens is 2. The molecule has 5 heteroatoms. The number of methoxy groups -OCH3 is 1. The van der Waals surface area contributed by atoms with Gasteiger partial charge in [0.2, 0.25) is 0 Å². The molecule has 0 aliphatic carbocycles. The van der Waals surface area contributed by atoms with E-state index in [9.17, 15) is 0 Å². The highest BCUT2D eigenvalue weighted by molar-refractivity contribution is 5.53. The average Bonchev–Trinajstić information content (AvgIpc) is 2.40. The van der Waals surface area contributed by atoms with Crippen LogP contribution in [0.25, 0.3) is 0 Å². The van der Waals surface area contributed by atoms with Crippen LogP contribution in [0.15, 0.2) is 23.9 Å². The fourth-order valence-corrected chi connectivity index (χ4v) is 1.87. The van der Waals surface area contributed by atoms with Gasteiger partial charge in [0.25, 0.3) is 0 Å². The molecule has 0 amide bonds. The fraction of sp³-hybridized carbons (Fsp3) is 0.417. The Morgan fingerprint density at radius 2 is 2.47 bits per heavy atom. The second-order valence-corrected chi connectivity index (χ2v) is 3.87. The van der Waals surface area contributed by atoms with Crippen LogP contribution in [0.2, 0.25) is 0 Å². The van der Waals surface area contributed by atoms with Crippen molar-refractivity contribution < 1.29 is 4.74 Å². The molecule has 1 aliphatic heterocycles. The maximum absolute atomic E-state index is 9.01. The minimum Gasteiger partial charge on any atom is -0.380 e. The number of hydrogen-bond donors (Lipinski definition) is 0. The van der Waals surface area contributed by atoms with Gasteiger partial charge in [-0.1, -0.05) is 6.08 Å². The fourth-order valence-electron chi connectivity index (χ4n) is 1.87. The number of nitrogens with zero attached hydrogens (tertiary/aromatic N) is 4. The molecule has 0 radical (unpaired) electrons. The van der Waals surface area contributed by atoms with Gasteiger partial charge < -0.3 is 9.64 Å². The number of anilines is 1. The molecular weight excluding hydrogens is 216 g/mol. The van der Waals surface area contributed by atoms with Crippen molar-refractivity contribution in [2.75, 3.05) is 31.7 Å². The Bertz CT molecular complexity index is 464. The van der Waals surface area contributed by atoms with Crippen LogP contribution in [0.4, 0.5) is 5.82 Å². The monoisotopic (exact) mass is 230 g/mol. The van der Waals surface area contributed by atoms with E-state index < -0.39 is 0 Å². The van der Waals surface area contributed by atoms with Crippen molar-refractivity contribution in [3.8, 4) is 6.07 Å². The first-order valence-corrected chi connectivity index (χ1v) is 5.48. The Morgan fingerprint density at radius 1 is 1.59 bits per heavy atom. The highest BCUT2D eigenvalue weighted by Crippen LogP contribution is 2.20. The quantitative estimate of drug-likeness (QED) is 0.728. The highest BCUT2D eigenvalue weighted by Gasteiger charge is 2.16. The first-order chi connectivity index (χ1) is 8.35. The first-order valence-electron chi connectivity index (χ1n) is 5.48. The Morgan fingerprint density at radius 3 is 3.12 bits per heavy atom. The van der Waals surface area contributed by atoms with Crippen LogP contribution in [-0.2, 0) is 4.74 Å². The smallest absolute Gasteiger partial charge is 0.169 e. The Kier molecular flexibility index (Phi) is 3.68. The molecule has 1 aliphatic rings. The maximum Gasteiger partial charge on any atom is 0.169 e. The normalized spacial score (nSPS) is 15.3. The molecule has 17 heavy (non-hydrogen) atoms. The summed E-state index contributed by atoms with van der Waals surface area (Å²) in [7, 11) is 1.70. The zero-order chi connectivity index (χ0) is 12.1. The topological polar surface area (TPSA) is 62.0 Å². The van der Waals surface area contributed by atoms with Gasteiger partial charge in [-0.05, 0) is 18.1 Å². The molecule has 0 N–H and O–H groups in total. The number of rotatable bonds is 3. The summed E-state index contributed by atoms with van der Waals surface area (Å²) in [6.45, 7) is 2.29. The summed E-state index contributed by atoms with van der Waals surface area (Å²) in [5.41, 5.74) is 1.87. The predicted molar refractivity (Wildman–Crippen MR) is 63.5 cm³/mol. The van der Waals surface area contributed by atoms with Gasteiger partial charge in [0, 0.05) is 20.2 Å². The molecule has 1 aromatic heterocycles. The molecule has 0 bridgehead atoms. The van der Waals surface area contributed by atoms with Crippen molar-refractivity contribution in [3.63, 3.8) is 0 Å². The van der Waals surface area contributed by atoms with E-state index in [-0.39, 0.29) is 0 Å². The summed E-state index contributed by atoms with van der Waals surface area (Å²) in [4.78, 5) is 2.06. The zero-order valence-corrected chi connectivity index (χ0v) is 9.76. The summed E-state index contributed by atoms with van der Waals surface area (Å²) < 4.78 is 5.10. The van der Waals surface area contributed by atoms with Gasteiger partial charge in [-0.2, -0.15) is 10.4 Å². The SMILES string of the molecule is COCC1=CCN(c2nnccc2C#N)CC1. The molecule has 0 aromatic carbocycles. The van der Waals surface area contributed by atoms with Gasteiger partial charge in [0.15, 0.2) is 5.82 Å². The first kappa shape index (κ1) is 11.6. The van der Waals surface area contributed by atoms with E-state index >= 15 is 0 Å². The van der Waals surface area contributed by atoms with Gasteiger partial charge in [-0.15, -0.1) is 5.10 Å². The molecule has 0 fully saturated rings. The Labute approximate surface area is 100 Å². The van der Waals surface area contributed by atoms with Crippen LogP contribution in [0.5, 0.6) is 0 Å². The zero-order valence-electron chi connectivity index (χ0n) is 9.76. The van der Waals surface area contributed by atoms with Crippen molar-refractivity contribution >= 4 is 5.82 Å². The van der Waals surface area contributed by atoms with E-state index in [1.165, 1.54) is 11.8 Å². The number of ether oxygens (including phenoxy) is 1. The molecule has 0 unspecified atom stereocenters. The third-order valence-corrected chi connectivity index (χ3v) is 2.75. The second kappa shape index (κ2) is 5.41. The molecule has 0 atom stereocenters.